The fourth-order valence-corrected chi connectivity index (χ4v) is 4.76. The van der Waals surface area contributed by atoms with Crippen molar-refractivity contribution in [1.82, 2.24) is 15.5 Å². The van der Waals surface area contributed by atoms with E-state index in [4.69, 9.17) is 0 Å². The Kier molecular flexibility index (Phi) is 9.88. The molecule has 3 aliphatic rings. The van der Waals surface area contributed by atoms with Gasteiger partial charge in [0.1, 0.15) is 6.04 Å². The summed E-state index contributed by atoms with van der Waals surface area (Å²) in [4.78, 5) is 25.8. The number of likely N-dealkylation sites (tertiary alicyclic amines) is 1. The molecule has 0 saturated carbocycles. The van der Waals surface area contributed by atoms with E-state index >= 15 is 0 Å². The lowest BCUT2D eigenvalue weighted by Crippen LogP contribution is -2.47. The molecular formula is C22H34Cl2N4O2. The van der Waals surface area contributed by atoms with E-state index in [1.807, 2.05) is 0 Å². The molecule has 0 aliphatic carbocycles. The predicted octanol–water partition coefficient (Wildman–Crippen LogP) is 2.93. The fraction of sp³-hybridized carbons (Fsp3) is 0.636. The van der Waals surface area contributed by atoms with Crippen LogP contribution in [0.15, 0.2) is 24.3 Å². The third-order valence-electron chi connectivity index (χ3n) is 6.52. The summed E-state index contributed by atoms with van der Waals surface area (Å²) in [6.07, 6.45) is 6.05. The Morgan fingerprint density at radius 3 is 2.23 bits per heavy atom. The van der Waals surface area contributed by atoms with E-state index in [0.717, 1.165) is 11.6 Å². The van der Waals surface area contributed by atoms with Crippen molar-refractivity contribution in [2.24, 2.45) is 5.92 Å². The molecule has 168 valence electrons. The van der Waals surface area contributed by atoms with E-state index < -0.39 is 0 Å². The second-order valence-corrected chi connectivity index (χ2v) is 8.54. The van der Waals surface area contributed by atoms with Crippen LogP contribution in [0.3, 0.4) is 0 Å². The van der Waals surface area contributed by atoms with Gasteiger partial charge in [0, 0.05) is 18.7 Å². The van der Waals surface area contributed by atoms with Crippen molar-refractivity contribution in [3.05, 3.63) is 29.8 Å². The van der Waals surface area contributed by atoms with Crippen LogP contribution in [0.4, 0.5) is 5.69 Å². The maximum absolute atomic E-state index is 11.9. The van der Waals surface area contributed by atoms with Crippen LogP contribution in [0.2, 0.25) is 0 Å². The molecular weight excluding hydrogens is 423 g/mol. The number of amides is 2. The molecule has 3 fully saturated rings. The Labute approximate surface area is 191 Å². The number of carbonyl (C=O) groups excluding carboxylic acids is 2. The minimum Gasteiger partial charge on any atom is -0.374 e. The number of halogens is 2. The highest BCUT2D eigenvalue weighted by Gasteiger charge is 2.27. The summed E-state index contributed by atoms with van der Waals surface area (Å²) in [5.41, 5.74) is 2.34. The van der Waals surface area contributed by atoms with Crippen LogP contribution in [0.5, 0.6) is 0 Å². The lowest BCUT2D eigenvalue weighted by Gasteiger charge is -2.35. The largest absolute Gasteiger partial charge is 0.374 e. The first-order chi connectivity index (χ1) is 13.7. The standard InChI is InChI=1S/C22H32N4O2.2ClH/c27-21-6-5-20(22(28)25-21)24-19-3-1-17(2-4-19)18-9-13-26(14-10-18)15-16-7-11-23-12-8-16;;/h1-4,16,18,20,23-24H,5-15H2,(H,25,27,28);2*1H. The minimum atomic E-state index is -0.318. The molecule has 4 rings (SSSR count). The highest BCUT2D eigenvalue weighted by molar-refractivity contribution is 6.01. The van der Waals surface area contributed by atoms with Gasteiger partial charge in [-0.2, -0.15) is 0 Å². The van der Waals surface area contributed by atoms with Gasteiger partial charge in [0.15, 0.2) is 0 Å². The van der Waals surface area contributed by atoms with Gasteiger partial charge in [-0.3, -0.25) is 14.9 Å². The molecule has 1 aromatic rings. The number of benzene rings is 1. The number of nitrogens with one attached hydrogen (secondary N) is 3. The maximum atomic E-state index is 11.9. The monoisotopic (exact) mass is 456 g/mol. The van der Waals surface area contributed by atoms with E-state index in [1.54, 1.807) is 0 Å². The van der Waals surface area contributed by atoms with Gasteiger partial charge in [0.25, 0.3) is 0 Å². The molecule has 0 bridgehead atoms. The predicted molar refractivity (Wildman–Crippen MR) is 125 cm³/mol. The number of anilines is 1. The van der Waals surface area contributed by atoms with Crippen molar-refractivity contribution in [3.63, 3.8) is 0 Å². The number of piperidine rings is 3. The second-order valence-electron chi connectivity index (χ2n) is 8.54. The van der Waals surface area contributed by atoms with Gasteiger partial charge in [0.05, 0.1) is 0 Å². The summed E-state index contributed by atoms with van der Waals surface area (Å²) < 4.78 is 0. The number of hydrogen-bond acceptors (Lipinski definition) is 5. The maximum Gasteiger partial charge on any atom is 0.249 e. The van der Waals surface area contributed by atoms with E-state index in [2.05, 4.69) is 45.1 Å². The summed E-state index contributed by atoms with van der Waals surface area (Å²) in [5, 5.41) is 9.11. The Bertz CT molecular complexity index is 687. The Balaban J connectivity index is 0.00000160. The number of carbonyl (C=O) groups is 2. The first-order valence-electron chi connectivity index (χ1n) is 10.8. The summed E-state index contributed by atoms with van der Waals surface area (Å²) in [5.74, 6) is 1.11. The van der Waals surface area contributed by atoms with E-state index in [1.165, 1.54) is 64.0 Å². The van der Waals surface area contributed by atoms with E-state index in [-0.39, 0.29) is 42.7 Å². The van der Waals surface area contributed by atoms with Crippen molar-refractivity contribution in [2.75, 3.05) is 38.0 Å². The molecule has 1 unspecified atom stereocenters. The van der Waals surface area contributed by atoms with Crippen LogP contribution in [-0.4, -0.2) is 55.5 Å². The molecule has 3 heterocycles. The molecule has 3 saturated heterocycles. The molecule has 0 aromatic heterocycles. The average molecular weight is 457 g/mol. The summed E-state index contributed by atoms with van der Waals surface area (Å²) in [7, 11) is 0. The third kappa shape index (κ3) is 6.58. The fourth-order valence-electron chi connectivity index (χ4n) is 4.76. The van der Waals surface area contributed by atoms with Crippen molar-refractivity contribution >= 4 is 42.3 Å². The lowest BCUT2D eigenvalue weighted by molar-refractivity contribution is -0.133. The Morgan fingerprint density at radius 1 is 0.933 bits per heavy atom. The van der Waals surface area contributed by atoms with Gasteiger partial charge in [-0.05, 0) is 87.8 Å². The van der Waals surface area contributed by atoms with Gasteiger partial charge in [-0.15, -0.1) is 24.8 Å². The Morgan fingerprint density at radius 2 is 1.60 bits per heavy atom. The molecule has 3 N–H and O–H groups in total. The molecule has 2 amide bonds. The molecule has 8 heteroatoms. The summed E-state index contributed by atoms with van der Waals surface area (Å²) in [6, 6.07) is 8.21. The quantitative estimate of drug-likeness (QED) is 0.593. The van der Waals surface area contributed by atoms with Crippen molar-refractivity contribution < 1.29 is 9.59 Å². The molecule has 0 radical (unpaired) electrons. The number of rotatable bonds is 5. The van der Waals surface area contributed by atoms with Gasteiger partial charge < -0.3 is 15.5 Å². The van der Waals surface area contributed by atoms with Gasteiger partial charge >= 0.3 is 0 Å². The van der Waals surface area contributed by atoms with Crippen molar-refractivity contribution in [1.29, 1.82) is 0 Å². The zero-order valence-electron chi connectivity index (χ0n) is 17.4. The molecule has 6 nitrogen and oxygen atoms in total. The van der Waals surface area contributed by atoms with Gasteiger partial charge in [-0.1, -0.05) is 12.1 Å². The molecule has 3 aliphatic heterocycles. The van der Waals surface area contributed by atoms with Crippen LogP contribution in [-0.2, 0) is 9.59 Å². The smallest absolute Gasteiger partial charge is 0.249 e. The van der Waals surface area contributed by atoms with E-state index in [0.29, 0.717) is 18.8 Å². The summed E-state index contributed by atoms with van der Waals surface area (Å²) >= 11 is 0. The minimum absolute atomic E-state index is 0. The second kappa shape index (κ2) is 11.9. The highest BCUT2D eigenvalue weighted by atomic mass is 35.5. The van der Waals surface area contributed by atoms with Crippen LogP contribution in [0.1, 0.15) is 50.0 Å². The van der Waals surface area contributed by atoms with Crippen LogP contribution < -0.4 is 16.0 Å². The molecule has 1 atom stereocenters. The van der Waals surface area contributed by atoms with Crippen LogP contribution >= 0.6 is 24.8 Å². The molecule has 0 spiro atoms. The van der Waals surface area contributed by atoms with Crippen LogP contribution in [0.25, 0.3) is 0 Å². The number of nitrogens with zero attached hydrogens (tertiary/aromatic N) is 1. The summed E-state index contributed by atoms with van der Waals surface area (Å²) in [6.45, 7) is 6.03. The van der Waals surface area contributed by atoms with Crippen LogP contribution in [0, 0.1) is 5.92 Å². The van der Waals surface area contributed by atoms with E-state index in [9.17, 15) is 9.59 Å². The lowest BCUT2D eigenvalue weighted by atomic mass is 9.88. The zero-order chi connectivity index (χ0) is 19.3. The average Bonchev–Trinajstić information content (AvgIpc) is 2.72. The Hall–Kier alpha value is -1.34. The first-order valence-corrected chi connectivity index (χ1v) is 10.8. The normalized spacial score (nSPS) is 23.8. The number of imide groups is 1. The topological polar surface area (TPSA) is 73.5 Å². The van der Waals surface area contributed by atoms with Crippen molar-refractivity contribution in [3.8, 4) is 0 Å². The first kappa shape index (κ1) is 24.9. The SMILES string of the molecule is Cl.Cl.O=C1CCC(Nc2ccc(C3CCN(CC4CCNCC4)CC3)cc2)C(=O)N1. The van der Waals surface area contributed by atoms with Gasteiger partial charge in [0.2, 0.25) is 11.8 Å². The van der Waals surface area contributed by atoms with Gasteiger partial charge in [-0.25, -0.2) is 0 Å². The zero-order valence-corrected chi connectivity index (χ0v) is 19.0. The third-order valence-corrected chi connectivity index (χ3v) is 6.52. The van der Waals surface area contributed by atoms with Crippen molar-refractivity contribution in [2.45, 2.75) is 50.5 Å². The molecule has 30 heavy (non-hydrogen) atoms. The number of hydrogen-bond donors (Lipinski definition) is 3. The molecule has 1 aromatic carbocycles. The highest BCUT2D eigenvalue weighted by Crippen LogP contribution is 2.30.